The Bertz CT molecular complexity index is 1350. The maximum Gasteiger partial charge on any atom is 0.338 e. The van der Waals surface area contributed by atoms with Gasteiger partial charge in [-0.05, 0) is 42.2 Å². The molecule has 5 rings (SSSR count). The van der Waals surface area contributed by atoms with Gasteiger partial charge in [0.15, 0.2) is 23.0 Å². The minimum absolute atomic E-state index is 0.0613. The van der Waals surface area contributed by atoms with Crippen molar-refractivity contribution >= 4 is 5.97 Å². The average molecular weight is 521 g/mol. The van der Waals surface area contributed by atoms with E-state index < -0.39 is 12.1 Å². The second kappa shape index (κ2) is 10.4. The van der Waals surface area contributed by atoms with Gasteiger partial charge in [-0.2, -0.15) is 0 Å². The Kier molecular flexibility index (Phi) is 6.97. The highest BCUT2D eigenvalue weighted by molar-refractivity contribution is 5.91. The predicted octanol–water partition coefficient (Wildman–Crippen LogP) is 5.84. The molecule has 0 unspecified atom stereocenters. The third-order valence-corrected chi connectivity index (χ3v) is 7.48. The molecule has 1 aliphatic heterocycles. The first-order chi connectivity index (χ1) is 18.4. The van der Waals surface area contributed by atoms with E-state index >= 15 is 0 Å². The van der Waals surface area contributed by atoms with Crippen LogP contribution in [0.3, 0.4) is 0 Å². The van der Waals surface area contributed by atoms with Crippen LogP contribution in [0, 0.1) is 11.8 Å². The molecule has 2 aliphatic rings. The van der Waals surface area contributed by atoms with Gasteiger partial charge < -0.3 is 33.2 Å². The maximum atomic E-state index is 13.4. The molecule has 3 aromatic carbocycles. The summed E-state index contributed by atoms with van der Waals surface area (Å²) < 4.78 is 41.2. The first-order valence-electron chi connectivity index (χ1n) is 12.5. The zero-order chi connectivity index (χ0) is 27.0. The largest absolute Gasteiger partial charge is 0.493 e. The molecule has 1 aliphatic carbocycles. The van der Waals surface area contributed by atoms with Crippen LogP contribution in [0.5, 0.6) is 34.5 Å². The molecule has 0 N–H and O–H groups in total. The van der Waals surface area contributed by atoms with Crippen molar-refractivity contribution in [3.8, 4) is 45.6 Å². The summed E-state index contributed by atoms with van der Waals surface area (Å²) in [6.07, 6.45) is 0.0597. The summed E-state index contributed by atoms with van der Waals surface area (Å²) >= 11 is 0. The smallest absolute Gasteiger partial charge is 0.338 e. The predicted molar refractivity (Wildman–Crippen MR) is 141 cm³/mol. The van der Waals surface area contributed by atoms with E-state index in [4.69, 9.17) is 33.2 Å². The van der Waals surface area contributed by atoms with Crippen molar-refractivity contribution in [2.45, 2.75) is 26.4 Å². The number of benzene rings is 3. The highest BCUT2D eigenvalue weighted by Crippen LogP contribution is 2.58. The zero-order valence-electron chi connectivity index (χ0n) is 22.5. The van der Waals surface area contributed by atoms with Crippen LogP contribution in [0.25, 0.3) is 11.1 Å². The summed E-state index contributed by atoms with van der Waals surface area (Å²) in [4.78, 5) is 13.4. The van der Waals surface area contributed by atoms with Crippen molar-refractivity contribution in [2.75, 3.05) is 35.2 Å². The lowest BCUT2D eigenvalue weighted by atomic mass is 9.75. The summed E-state index contributed by atoms with van der Waals surface area (Å²) in [6.45, 7) is 4.35. The summed E-state index contributed by atoms with van der Waals surface area (Å²) in [5.41, 5.74) is 3.68. The molecule has 0 radical (unpaired) electrons. The van der Waals surface area contributed by atoms with E-state index in [-0.39, 0.29) is 18.6 Å². The summed E-state index contributed by atoms with van der Waals surface area (Å²) in [7, 11) is 6.30. The number of carbonyl (C=O) groups is 1. The minimum Gasteiger partial charge on any atom is -0.493 e. The topological polar surface area (TPSA) is 81.7 Å². The van der Waals surface area contributed by atoms with E-state index in [2.05, 4.69) is 13.8 Å². The van der Waals surface area contributed by atoms with Crippen molar-refractivity contribution in [3.05, 3.63) is 59.2 Å². The van der Waals surface area contributed by atoms with Crippen LogP contribution >= 0.6 is 0 Å². The van der Waals surface area contributed by atoms with Gasteiger partial charge in [0.1, 0.15) is 6.10 Å². The molecule has 0 bridgehead atoms. The Balaban J connectivity index is 1.83. The van der Waals surface area contributed by atoms with E-state index in [1.54, 1.807) is 40.6 Å². The molecular weight excluding hydrogens is 488 g/mol. The van der Waals surface area contributed by atoms with Gasteiger partial charge in [-0.15, -0.1) is 0 Å². The molecule has 0 fully saturated rings. The van der Waals surface area contributed by atoms with Crippen molar-refractivity contribution < 1.29 is 38.0 Å². The molecule has 0 spiro atoms. The van der Waals surface area contributed by atoms with Gasteiger partial charge in [0.2, 0.25) is 18.3 Å². The molecule has 200 valence electrons. The van der Waals surface area contributed by atoms with Crippen molar-refractivity contribution in [1.29, 1.82) is 0 Å². The van der Waals surface area contributed by atoms with Gasteiger partial charge in [0.25, 0.3) is 0 Å². The summed E-state index contributed by atoms with van der Waals surface area (Å²) in [5, 5.41) is 0. The molecule has 8 heteroatoms. The lowest BCUT2D eigenvalue weighted by molar-refractivity contribution is 0.00698. The first-order valence-corrected chi connectivity index (χ1v) is 12.5. The lowest BCUT2D eigenvalue weighted by Crippen LogP contribution is -2.27. The Morgan fingerprint density at radius 1 is 0.842 bits per heavy atom. The van der Waals surface area contributed by atoms with Crippen molar-refractivity contribution in [3.63, 3.8) is 0 Å². The number of hydrogen-bond donors (Lipinski definition) is 0. The SMILES string of the molecule is COc1cc2c(c(OC)c1OC)-c1c(cc3c(c1OC)OCO3)C[C@@H](C)[C@@H](C)[C@@H]2OC(=O)c1ccccc1. The number of hydrogen-bond acceptors (Lipinski definition) is 8. The van der Waals surface area contributed by atoms with Gasteiger partial charge in [-0.3, -0.25) is 0 Å². The minimum atomic E-state index is -0.621. The van der Waals surface area contributed by atoms with Crippen LogP contribution in [0.15, 0.2) is 42.5 Å². The van der Waals surface area contributed by atoms with Crippen LogP contribution in [0.2, 0.25) is 0 Å². The van der Waals surface area contributed by atoms with E-state index in [1.165, 1.54) is 0 Å². The van der Waals surface area contributed by atoms with Crippen LogP contribution in [-0.2, 0) is 11.2 Å². The van der Waals surface area contributed by atoms with Crippen LogP contribution in [0.1, 0.15) is 41.4 Å². The van der Waals surface area contributed by atoms with Crippen molar-refractivity contribution in [1.82, 2.24) is 0 Å². The quantitative estimate of drug-likeness (QED) is 0.375. The molecule has 3 atom stereocenters. The molecule has 0 aromatic heterocycles. The van der Waals surface area contributed by atoms with E-state index in [0.29, 0.717) is 52.0 Å². The number of ether oxygens (including phenoxy) is 7. The van der Waals surface area contributed by atoms with Crippen LogP contribution in [0.4, 0.5) is 0 Å². The van der Waals surface area contributed by atoms with Gasteiger partial charge in [-0.25, -0.2) is 4.79 Å². The van der Waals surface area contributed by atoms with Crippen molar-refractivity contribution in [2.24, 2.45) is 11.8 Å². The van der Waals surface area contributed by atoms with E-state index in [0.717, 1.165) is 16.7 Å². The highest BCUT2D eigenvalue weighted by atomic mass is 16.7. The van der Waals surface area contributed by atoms with Crippen LogP contribution in [-0.4, -0.2) is 41.2 Å². The van der Waals surface area contributed by atoms with E-state index in [9.17, 15) is 4.79 Å². The van der Waals surface area contributed by atoms with Gasteiger partial charge in [-0.1, -0.05) is 32.0 Å². The Labute approximate surface area is 222 Å². The number of carbonyl (C=O) groups excluding carboxylic acids is 1. The summed E-state index contributed by atoms with van der Waals surface area (Å²) in [6, 6.07) is 12.8. The fraction of sp³-hybridized carbons (Fsp3) is 0.367. The fourth-order valence-electron chi connectivity index (χ4n) is 5.39. The number of methoxy groups -OCH3 is 4. The third-order valence-electron chi connectivity index (χ3n) is 7.48. The Morgan fingerprint density at radius 3 is 2.21 bits per heavy atom. The molecule has 0 saturated heterocycles. The van der Waals surface area contributed by atoms with E-state index in [1.807, 2.05) is 30.3 Å². The zero-order valence-corrected chi connectivity index (χ0v) is 22.5. The molecule has 38 heavy (non-hydrogen) atoms. The lowest BCUT2D eigenvalue weighted by Gasteiger charge is -2.35. The highest BCUT2D eigenvalue weighted by Gasteiger charge is 2.39. The monoisotopic (exact) mass is 520 g/mol. The molecular formula is C30H32O8. The maximum absolute atomic E-state index is 13.4. The third kappa shape index (κ3) is 4.14. The standard InChI is InChI=1S/C30H32O8/c1-16-12-19-13-22-27(37-15-36-22)28(34-5)23(19)24-20(14-21(32-3)26(33-4)29(24)35-6)25(17(16)2)38-30(31)18-10-8-7-9-11-18/h7-11,13-14,16-17,25H,12,15H2,1-6H3/t16-,17-,25+/m1/s1. The molecule has 3 aromatic rings. The second-order valence-corrected chi connectivity index (χ2v) is 9.52. The van der Waals surface area contributed by atoms with Gasteiger partial charge in [0, 0.05) is 22.6 Å². The molecule has 8 nitrogen and oxygen atoms in total. The summed E-state index contributed by atoms with van der Waals surface area (Å²) in [5.74, 6) is 2.67. The molecule has 1 heterocycles. The number of rotatable bonds is 6. The normalized spacial score (nSPS) is 19.4. The fourth-order valence-corrected chi connectivity index (χ4v) is 5.39. The number of fused-ring (bicyclic) bond motifs is 4. The second-order valence-electron chi connectivity index (χ2n) is 9.52. The Morgan fingerprint density at radius 2 is 1.55 bits per heavy atom. The number of esters is 1. The van der Waals surface area contributed by atoms with Gasteiger partial charge >= 0.3 is 5.97 Å². The molecule has 0 amide bonds. The molecule has 0 saturated carbocycles. The van der Waals surface area contributed by atoms with Crippen LogP contribution < -0.4 is 28.4 Å². The first kappa shape index (κ1) is 25.6. The average Bonchev–Trinajstić information content (AvgIpc) is 3.41. The Hall–Kier alpha value is -4.07. The van der Waals surface area contributed by atoms with Gasteiger partial charge in [0.05, 0.1) is 34.0 Å².